The molecule has 1 aliphatic carbocycles. The Balaban J connectivity index is 1.59. The highest BCUT2D eigenvalue weighted by Crippen LogP contribution is 2.46. The molecule has 0 bridgehead atoms. The van der Waals surface area contributed by atoms with Gasteiger partial charge < -0.3 is 14.4 Å². The molecule has 1 heterocycles. The molecule has 0 aromatic heterocycles. The van der Waals surface area contributed by atoms with Crippen LogP contribution in [-0.4, -0.2) is 44.2 Å². The van der Waals surface area contributed by atoms with Gasteiger partial charge in [-0.15, -0.1) is 0 Å². The Kier molecular flexibility index (Phi) is 5.40. The number of carbonyl (C=O) groups is 1. The highest BCUT2D eigenvalue weighted by Gasteiger charge is 2.46. The molecule has 1 amide bonds. The van der Waals surface area contributed by atoms with Crippen LogP contribution in [-0.2, 0) is 4.74 Å². The van der Waals surface area contributed by atoms with Crippen molar-refractivity contribution in [2.75, 3.05) is 27.3 Å². The lowest BCUT2D eigenvalue weighted by atomic mass is 9.76. The molecule has 2 aromatic rings. The molecule has 4 heteroatoms. The lowest BCUT2D eigenvalue weighted by molar-refractivity contribution is -0.0295. The first kappa shape index (κ1) is 19.0. The number of ether oxygens (including phenoxy) is 2. The van der Waals surface area contributed by atoms with Crippen LogP contribution in [0.15, 0.2) is 48.5 Å². The third-order valence-corrected chi connectivity index (χ3v) is 6.53. The van der Waals surface area contributed by atoms with E-state index >= 15 is 0 Å². The van der Waals surface area contributed by atoms with Crippen molar-refractivity contribution < 1.29 is 14.3 Å². The SMILES string of the molecule is COc1ccccc1-c1cccc(C(=O)N2CCC[C@]3(CCC[C@H]3OC)C2)c1. The quantitative estimate of drug-likeness (QED) is 0.767. The van der Waals surface area contributed by atoms with Gasteiger partial charge in [0.25, 0.3) is 5.91 Å². The minimum absolute atomic E-state index is 0.123. The van der Waals surface area contributed by atoms with E-state index in [9.17, 15) is 4.79 Å². The van der Waals surface area contributed by atoms with E-state index in [0.29, 0.717) is 0 Å². The monoisotopic (exact) mass is 379 g/mol. The number of hydrogen-bond acceptors (Lipinski definition) is 3. The lowest BCUT2D eigenvalue weighted by Crippen LogP contribution is -2.49. The van der Waals surface area contributed by atoms with Crippen molar-refractivity contribution in [1.82, 2.24) is 4.90 Å². The van der Waals surface area contributed by atoms with Crippen LogP contribution in [0, 0.1) is 5.41 Å². The number of para-hydroxylation sites is 1. The number of carbonyl (C=O) groups excluding carboxylic acids is 1. The maximum Gasteiger partial charge on any atom is 0.253 e. The summed E-state index contributed by atoms with van der Waals surface area (Å²) in [5.41, 5.74) is 2.89. The average molecular weight is 380 g/mol. The first-order valence-corrected chi connectivity index (χ1v) is 10.2. The fraction of sp³-hybridized carbons (Fsp3) is 0.458. The molecule has 2 aromatic carbocycles. The second-order valence-electron chi connectivity index (χ2n) is 8.09. The molecule has 0 unspecified atom stereocenters. The van der Waals surface area contributed by atoms with Crippen molar-refractivity contribution in [1.29, 1.82) is 0 Å². The Morgan fingerprint density at radius 2 is 1.89 bits per heavy atom. The molecule has 4 rings (SSSR count). The van der Waals surface area contributed by atoms with Gasteiger partial charge in [0.05, 0.1) is 13.2 Å². The predicted octanol–water partition coefficient (Wildman–Crippen LogP) is 4.78. The largest absolute Gasteiger partial charge is 0.496 e. The van der Waals surface area contributed by atoms with Gasteiger partial charge in [-0.3, -0.25) is 4.79 Å². The summed E-state index contributed by atoms with van der Waals surface area (Å²) >= 11 is 0. The van der Waals surface area contributed by atoms with E-state index < -0.39 is 0 Å². The van der Waals surface area contributed by atoms with Gasteiger partial charge in [-0.25, -0.2) is 0 Å². The number of benzene rings is 2. The number of methoxy groups -OCH3 is 2. The minimum atomic E-state index is 0.123. The van der Waals surface area contributed by atoms with Crippen LogP contribution in [0.2, 0.25) is 0 Å². The summed E-state index contributed by atoms with van der Waals surface area (Å²) < 4.78 is 11.3. The zero-order valence-electron chi connectivity index (χ0n) is 16.8. The molecule has 1 saturated heterocycles. The Morgan fingerprint density at radius 1 is 1.07 bits per heavy atom. The van der Waals surface area contributed by atoms with Crippen molar-refractivity contribution in [2.24, 2.45) is 5.41 Å². The summed E-state index contributed by atoms with van der Waals surface area (Å²) in [7, 11) is 3.49. The summed E-state index contributed by atoms with van der Waals surface area (Å²) in [5, 5.41) is 0. The first-order chi connectivity index (χ1) is 13.7. The second kappa shape index (κ2) is 7.96. The van der Waals surface area contributed by atoms with Gasteiger partial charge in [0.2, 0.25) is 0 Å². The first-order valence-electron chi connectivity index (χ1n) is 10.2. The van der Waals surface area contributed by atoms with Gasteiger partial charge in [-0.2, -0.15) is 0 Å². The van der Waals surface area contributed by atoms with E-state index in [1.165, 1.54) is 6.42 Å². The van der Waals surface area contributed by atoms with E-state index in [2.05, 4.69) is 0 Å². The number of hydrogen-bond donors (Lipinski definition) is 0. The van der Waals surface area contributed by atoms with Gasteiger partial charge in [0, 0.05) is 36.7 Å². The number of amides is 1. The standard InChI is InChI=1S/C24H29NO3/c1-27-21-11-4-3-10-20(21)18-8-5-9-19(16-18)23(26)25-15-7-14-24(17-25)13-6-12-22(24)28-2/h3-5,8-11,16,22H,6-7,12-15,17H2,1-2H3/t22-,24-/m1/s1. The summed E-state index contributed by atoms with van der Waals surface area (Å²) in [6.07, 6.45) is 5.97. The maximum atomic E-state index is 13.3. The summed E-state index contributed by atoms with van der Waals surface area (Å²) in [4.78, 5) is 15.4. The van der Waals surface area contributed by atoms with Crippen LogP contribution in [0.25, 0.3) is 11.1 Å². The van der Waals surface area contributed by atoms with Crippen LogP contribution >= 0.6 is 0 Å². The number of likely N-dealkylation sites (tertiary alicyclic amines) is 1. The van der Waals surface area contributed by atoms with E-state index in [1.54, 1.807) is 7.11 Å². The zero-order chi connectivity index (χ0) is 19.6. The maximum absolute atomic E-state index is 13.3. The van der Waals surface area contributed by atoms with Crippen molar-refractivity contribution in [3.63, 3.8) is 0 Å². The Bertz CT molecular complexity index is 849. The summed E-state index contributed by atoms with van der Waals surface area (Å²) in [5.74, 6) is 0.940. The Morgan fingerprint density at radius 3 is 2.71 bits per heavy atom. The highest BCUT2D eigenvalue weighted by atomic mass is 16.5. The van der Waals surface area contributed by atoms with Crippen molar-refractivity contribution in [2.45, 2.75) is 38.2 Å². The van der Waals surface area contributed by atoms with E-state index in [-0.39, 0.29) is 17.4 Å². The van der Waals surface area contributed by atoms with Gasteiger partial charge in [-0.1, -0.05) is 36.8 Å². The van der Waals surface area contributed by atoms with E-state index in [0.717, 1.165) is 61.2 Å². The minimum Gasteiger partial charge on any atom is -0.496 e. The lowest BCUT2D eigenvalue weighted by Gasteiger charge is -2.43. The van der Waals surface area contributed by atoms with Crippen LogP contribution < -0.4 is 4.74 Å². The van der Waals surface area contributed by atoms with Crippen LogP contribution in [0.1, 0.15) is 42.5 Å². The molecule has 1 saturated carbocycles. The fourth-order valence-electron chi connectivity index (χ4n) is 5.16. The number of piperidine rings is 1. The molecule has 1 spiro atoms. The predicted molar refractivity (Wildman–Crippen MR) is 111 cm³/mol. The second-order valence-corrected chi connectivity index (χ2v) is 8.09. The molecule has 1 aliphatic heterocycles. The molecular formula is C24H29NO3. The molecule has 0 radical (unpaired) electrons. The fourth-order valence-corrected chi connectivity index (χ4v) is 5.16. The Labute approximate surface area is 167 Å². The van der Waals surface area contributed by atoms with Crippen LogP contribution in [0.5, 0.6) is 5.75 Å². The van der Waals surface area contributed by atoms with Crippen molar-refractivity contribution in [3.8, 4) is 16.9 Å². The van der Waals surface area contributed by atoms with Crippen LogP contribution in [0.3, 0.4) is 0 Å². The molecule has 2 fully saturated rings. The molecule has 0 N–H and O–H groups in total. The topological polar surface area (TPSA) is 38.8 Å². The van der Waals surface area contributed by atoms with Gasteiger partial charge in [0.1, 0.15) is 5.75 Å². The normalized spacial score (nSPS) is 24.5. The molecule has 2 aliphatic rings. The van der Waals surface area contributed by atoms with Crippen LogP contribution in [0.4, 0.5) is 0 Å². The zero-order valence-corrected chi connectivity index (χ0v) is 16.8. The Hall–Kier alpha value is -2.33. The van der Waals surface area contributed by atoms with E-state index in [1.807, 2.05) is 60.5 Å². The van der Waals surface area contributed by atoms with E-state index in [4.69, 9.17) is 9.47 Å². The van der Waals surface area contributed by atoms with Gasteiger partial charge in [0.15, 0.2) is 0 Å². The third kappa shape index (κ3) is 3.42. The summed E-state index contributed by atoms with van der Waals surface area (Å²) in [6, 6.07) is 15.8. The summed E-state index contributed by atoms with van der Waals surface area (Å²) in [6.45, 7) is 1.64. The number of nitrogens with zero attached hydrogens (tertiary/aromatic N) is 1. The molecule has 4 nitrogen and oxygen atoms in total. The molecular weight excluding hydrogens is 350 g/mol. The third-order valence-electron chi connectivity index (χ3n) is 6.53. The average Bonchev–Trinajstić information content (AvgIpc) is 3.14. The number of rotatable bonds is 4. The molecule has 28 heavy (non-hydrogen) atoms. The van der Waals surface area contributed by atoms with Crippen molar-refractivity contribution in [3.05, 3.63) is 54.1 Å². The van der Waals surface area contributed by atoms with Gasteiger partial charge >= 0.3 is 0 Å². The molecule has 2 atom stereocenters. The smallest absolute Gasteiger partial charge is 0.253 e. The highest BCUT2D eigenvalue weighted by molar-refractivity contribution is 5.95. The van der Waals surface area contributed by atoms with Gasteiger partial charge in [-0.05, 0) is 49.4 Å². The van der Waals surface area contributed by atoms with Crippen molar-refractivity contribution >= 4 is 5.91 Å². The molecule has 148 valence electrons.